The lowest BCUT2D eigenvalue weighted by molar-refractivity contribution is 0.660. The first-order valence-electron chi connectivity index (χ1n) is 23.1. The van der Waals surface area contributed by atoms with E-state index < -0.39 is 0 Å². The first kappa shape index (κ1) is 37.7. The minimum absolute atomic E-state index is 0.119. The van der Waals surface area contributed by atoms with Crippen LogP contribution in [-0.4, -0.2) is 4.57 Å². The number of nitrogens with zero attached hydrogens (tertiary/aromatic N) is 2. The molecule has 0 bridgehead atoms. The zero-order valence-corrected chi connectivity index (χ0v) is 37.0. The molecule has 0 saturated heterocycles. The van der Waals surface area contributed by atoms with E-state index in [0.717, 1.165) is 88.8 Å². The van der Waals surface area contributed by atoms with Crippen LogP contribution in [-0.2, 0) is 5.41 Å². The number of para-hydroxylation sites is 3. The van der Waals surface area contributed by atoms with Crippen molar-refractivity contribution < 1.29 is 8.83 Å². The molecule has 0 spiro atoms. The smallest absolute Gasteiger partial charge is 0.160 e. The lowest BCUT2D eigenvalue weighted by Gasteiger charge is -2.28. The third kappa shape index (κ3) is 5.60. The zero-order valence-electron chi connectivity index (χ0n) is 37.0. The van der Waals surface area contributed by atoms with Crippen molar-refractivity contribution in [1.29, 1.82) is 0 Å². The molecule has 3 heterocycles. The Kier molecular flexibility index (Phi) is 8.00. The van der Waals surface area contributed by atoms with Gasteiger partial charge < -0.3 is 18.3 Å². The Hall–Kier alpha value is -8.60. The molecule has 0 amide bonds. The molecule has 0 unspecified atom stereocenters. The normalized spacial score (nSPS) is 13.0. The van der Waals surface area contributed by atoms with E-state index in [-0.39, 0.29) is 5.41 Å². The van der Waals surface area contributed by atoms with E-state index in [1.165, 1.54) is 44.2 Å². The molecule has 4 heteroatoms. The van der Waals surface area contributed by atoms with Gasteiger partial charge in [-0.2, -0.15) is 0 Å². The molecule has 3 aromatic heterocycles. The van der Waals surface area contributed by atoms with E-state index in [0.29, 0.717) is 0 Å². The summed E-state index contributed by atoms with van der Waals surface area (Å²) in [6.45, 7) is 4.69. The molecule has 14 rings (SSSR count). The monoisotopic (exact) mass is 858 g/mol. The minimum Gasteiger partial charge on any atom is -0.456 e. The number of hydrogen-bond acceptors (Lipinski definition) is 3. The Balaban J connectivity index is 0.905. The van der Waals surface area contributed by atoms with Crippen LogP contribution in [0.1, 0.15) is 25.0 Å². The van der Waals surface area contributed by atoms with Gasteiger partial charge in [-0.3, -0.25) is 0 Å². The maximum Gasteiger partial charge on any atom is 0.160 e. The average molecular weight is 859 g/mol. The van der Waals surface area contributed by atoms with Gasteiger partial charge in [-0.1, -0.05) is 159 Å². The highest BCUT2D eigenvalue weighted by molar-refractivity contribution is 6.22. The Morgan fingerprint density at radius 1 is 0.373 bits per heavy atom. The van der Waals surface area contributed by atoms with Crippen LogP contribution in [0.2, 0.25) is 0 Å². The Labute approximate surface area is 387 Å². The number of furan rings is 2. The molecule has 316 valence electrons. The lowest BCUT2D eigenvalue weighted by atomic mass is 9.82. The molecule has 4 nitrogen and oxygen atoms in total. The summed E-state index contributed by atoms with van der Waals surface area (Å²) in [5.74, 6) is 0. The number of aromatic nitrogens is 1. The van der Waals surface area contributed by atoms with Crippen molar-refractivity contribution in [1.82, 2.24) is 4.57 Å². The molecule has 10 aromatic carbocycles. The van der Waals surface area contributed by atoms with E-state index in [9.17, 15) is 0 Å². The Morgan fingerprint density at radius 2 is 0.940 bits per heavy atom. The number of fused-ring (bicyclic) bond motifs is 12. The Morgan fingerprint density at radius 3 is 1.67 bits per heavy atom. The summed E-state index contributed by atoms with van der Waals surface area (Å²) in [5, 5.41) is 6.58. The predicted octanol–water partition coefficient (Wildman–Crippen LogP) is 17.7. The van der Waals surface area contributed by atoms with Crippen LogP contribution in [0.25, 0.3) is 105 Å². The second-order valence-electron chi connectivity index (χ2n) is 18.5. The summed E-state index contributed by atoms with van der Waals surface area (Å²) in [6.07, 6.45) is 0. The van der Waals surface area contributed by atoms with Crippen molar-refractivity contribution in [2.24, 2.45) is 0 Å². The van der Waals surface area contributed by atoms with E-state index in [2.05, 4.69) is 236 Å². The third-order valence-corrected chi connectivity index (χ3v) is 14.4. The van der Waals surface area contributed by atoms with E-state index in [1.807, 2.05) is 6.07 Å². The summed E-state index contributed by atoms with van der Waals surface area (Å²) in [6, 6.07) is 78.7. The highest BCUT2D eigenvalue weighted by atomic mass is 16.3. The topological polar surface area (TPSA) is 34.5 Å². The molecule has 0 atom stereocenters. The van der Waals surface area contributed by atoms with E-state index >= 15 is 0 Å². The van der Waals surface area contributed by atoms with Crippen LogP contribution < -0.4 is 4.90 Å². The molecule has 0 radical (unpaired) electrons. The molecular formula is C63H42N2O2. The quantitative estimate of drug-likeness (QED) is 0.167. The second-order valence-corrected chi connectivity index (χ2v) is 18.5. The fraction of sp³-hybridized carbons (Fsp3) is 0.0476. The van der Waals surface area contributed by atoms with Crippen LogP contribution in [0.4, 0.5) is 17.1 Å². The lowest BCUT2D eigenvalue weighted by Crippen LogP contribution is -2.16. The van der Waals surface area contributed by atoms with Gasteiger partial charge in [0.15, 0.2) is 5.58 Å². The highest BCUT2D eigenvalue weighted by Gasteiger charge is 2.36. The second kappa shape index (κ2) is 14.2. The fourth-order valence-corrected chi connectivity index (χ4v) is 11.2. The molecule has 13 aromatic rings. The molecule has 1 aliphatic carbocycles. The van der Waals surface area contributed by atoms with Gasteiger partial charge in [-0.05, 0) is 117 Å². The van der Waals surface area contributed by atoms with Crippen molar-refractivity contribution in [3.05, 3.63) is 230 Å². The minimum atomic E-state index is -0.119. The van der Waals surface area contributed by atoms with E-state index in [4.69, 9.17) is 8.83 Å². The van der Waals surface area contributed by atoms with Crippen LogP contribution >= 0.6 is 0 Å². The summed E-state index contributed by atoms with van der Waals surface area (Å²) in [5.41, 5.74) is 19.7. The van der Waals surface area contributed by atoms with Gasteiger partial charge in [-0.15, -0.1) is 0 Å². The first-order valence-corrected chi connectivity index (χ1v) is 23.1. The number of rotatable bonds is 6. The van der Waals surface area contributed by atoms with Crippen molar-refractivity contribution in [2.45, 2.75) is 19.3 Å². The number of anilines is 3. The molecule has 0 fully saturated rings. The van der Waals surface area contributed by atoms with Crippen molar-refractivity contribution in [2.75, 3.05) is 4.90 Å². The first-order chi connectivity index (χ1) is 33.0. The number of benzene rings is 10. The SMILES string of the molecule is CC1(C)c2ccccc2-c2ccc(N(c3ccc(-c4ccccc4)cc3)c3ccc(-c4ccc5c(c4)oc4c(-n6c7ccccc7c7ccccc76)c6c(cc45)oc4ccccc46)cc3)cc21. The maximum absolute atomic E-state index is 7.12. The molecular weight excluding hydrogens is 817 g/mol. The van der Waals surface area contributed by atoms with Gasteiger partial charge in [-0.25, -0.2) is 0 Å². The number of hydrogen-bond donors (Lipinski definition) is 0. The predicted molar refractivity (Wildman–Crippen MR) is 278 cm³/mol. The van der Waals surface area contributed by atoms with Crippen LogP contribution in [0, 0.1) is 0 Å². The van der Waals surface area contributed by atoms with Gasteiger partial charge >= 0.3 is 0 Å². The fourth-order valence-electron chi connectivity index (χ4n) is 11.2. The summed E-state index contributed by atoms with van der Waals surface area (Å²) in [7, 11) is 0. The van der Waals surface area contributed by atoms with Gasteiger partial charge in [0.25, 0.3) is 0 Å². The van der Waals surface area contributed by atoms with Gasteiger partial charge in [0.2, 0.25) is 0 Å². The van der Waals surface area contributed by atoms with Crippen molar-refractivity contribution in [3.63, 3.8) is 0 Å². The average Bonchev–Trinajstić information content (AvgIpc) is 4.10. The van der Waals surface area contributed by atoms with Crippen molar-refractivity contribution in [3.8, 4) is 39.1 Å². The maximum atomic E-state index is 7.12. The standard InChI is InChI=1S/C63H42N2O2/c1-63(2)53-20-10-6-16-46(53)47-35-33-45(37-54(47)63)64(43-29-24-40(25-30-43)39-14-4-3-5-15-39)44-31-26-41(27-32-44)42-28-34-50-52-38-59-60(51-19-9-13-23-57(51)66-59)61(62(52)67-58(50)36-42)65-55-21-11-7-17-48(55)49-18-8-12-22-56(49)65/h3-38H,1-2H3. The Bertz CT molecular complexity index is 4060. The molecule has 67 heavy (non-hydrogen) atoms. The van der Waals surface area contributed by atoms with E-state index in [1.54, 1.807) is 0 Å². The van der Waals surface area contributed by atoms with Gasteiger partial charge in [0, 0.05) is 49.4 Å². The third-order valence-electron chi connectivity index (χ3n) is 14.4. The largest absolute Gasteiger partial charge is 0.456 e. The van der Waals surface area contributed by atoms with Gasteiger partial charge in [0.05, 0.1) is 16.4 Å². The van der Waals surface area contributed by atoms with Crippen molar-refractivity contribution >= 4 is 82.7 Å². The van der Waals surface area contributed by atoms with Crippen LogP contribution in [0.5, 0.6) is 0 Å². The highest BCUT2D eigenvalue weighted by Crippen LogP contribution is 2.51. The summed E-state index contributed by atoms with van der Waals surface area (Å²) < 4.78 is 16.1. The summed E-state index contributed by atoms with van der Waals surface area (Å²) >= 11 is 0. The molecule has 0 saturated carbocycles. The molecule has 1 aliphatic rings. The van der Waals surface area contributed by atoms with Crippen LogP contribution in [0.3, 0.4) is 0 Å². The zero-order chi connectivity index (χ0) is 44.4. The molecule has 0 aliphatic heterocycles. The summed E-state index contributed by atoms with van der Waals surface area (Å²) in [4.78, 5) is 2.38. The van der Waals surface area contributed by atoms with Gasteiger partial charge in [0.1, 0.15) is 22.4 Å². The van der Waals surface area contributed by atoms with Crippen LogP contribution in [0.15, 0.2) is 227 Å². The molecule has 0 N–H and O–H groups in total.